The van der Waals surface area contributed by atoms with Crippen molar-refractivity contribution in [2.24, 2.45) is 34.5 Å². The largest absolute Gasteiger partial charge is 0.449 e. The fourth-order valence-corrected chi connectivity index (χ4v) is 10.8. The number of aromatic nitrogens is 2. The van der Waals surface area contributed by atoms with Gasteiger partial charge in [-0.25, -0.2) is 4.68 Å². The highest BCUT2D eigenvalue weighted by molar-refractivity contribution is 8.14. The van der Waals surface area contributed by atoms with Crippen molar-refractivity contribution in [1.82, 2.24) is 9.78 Å². The molecule has 4 saturated carbocycles. The minimum atomic E-state index is -1.33. The van der Waals surface area contributed by atoms with E-state index >= 15 is 0 Å². The molecule has 1 N–H and O–H groups in total. The third-order valence-corrected chi connectivity index (χ3v) is 13.4. The quantitative estimate of drug-likeness (QED) is 0.181. The van der Waals surface area contributed by atoms with Gasteiger partial charge in [-0.1, -0.05) is 43.3 Å². The lowest BCUT2D eigenvalue weighted by atomic mass is 9.45. The van der Waals surface area contributed by atoms with Crippen molar-refractivity contribution in [3.8, 4) is 11.8 Å². The molecular formula is C38H45N3O6S. The number of Topliss-reactive ketones (excluding diaryl/α,β-unsaturated/α-hetero) is 1. The second-order valence-electron chi connectivity index (χ2n) is 15.1. The van der Waals surface area contributed by atoms with E-state index in [0.29, 0.717) is 37.9 Å². The number of nitrogens with zero attached hydrogens (tertiary/aromatic N) is 3. The molecular weight excluding hydrogens is 627 g/mol. The van der Waals surface area contributed by atoms with E-state index in [2.05, 4.69) is 26.0 Å². The van der Waals surface area contributed by atoms with Gasteiger partial charge in [0.2, 0.25) is 5.12 Å². The Kier molecular flexibility index (Phi) is 8.70. The van der Waals surface area contributed by atoms with E-state index in [-0.39, 0.29) is 51.7 Å². The number of hydrogen-bond donors (Lipinski definition) is 1. The number of aliphatic hydroxyl groups is 1. The standard InChI is InChI=1S/C38H45N3O6S/c1-36-20-25-22-40-41(27-7-4-6-24(18-27)31(42)8-5-16-46-3)30(25)19-26(36)11-12-28-29-13-14-38(35(45)48-17-15-39,47-34(44)23-9-10-23)37(29,2)21-32(43)33(28)36/h4,6-7,18-19,22-23,28-29,32-33,43H,5,8-14,16-17,20-21H2,1-3H3/t28-,29-,32-,33+,36-,37-,38-/m0/s1. The number of ether oxygens (including phenoxy) is 2. The van der Waals surface area contributed by atoms with Crippen LogP contribution < -0.4 is 0 Å². The summed E-state index contributed by atoms with van der Waals surface area (Å²) in [6.07, 6.45) is 10.2. The van der Waals surface area contributed by atoms with Gasteiger partial charge in [0, 0.05) is 31.1 Å². The Bertz CT molecular complexity index is 1710. The average molecular weight is 672 g/mol. The van der Waals surface area contributed by atoms with E-state index < -0.39 is 17.1 Å². The maximum Gasteiger partial charge on any atom is 0.309 e. The van der Waals surface area contributed by atoms with Gasteiger partial charge >= 0.3 is 5.97 Å². The molecule has 1 heterocycles. The number of ketones is 1. The summed E-state index contributed by atoms with van der Waals surface area (Å²) in [5.74, 6) is -0.114. The van der Waals surface area contributed by atoms with Crippen molar-refractivity contribution < 1.29 is 29.0 Å². The number of aliphatic hydroxyl groups excluding tert-OH is 1. The van der Waals surface area contributed by atoms with Crippen LogP contribution in [0.4, 0.5) is 0 Å². The van der Waals surface area contributed by atoms with E-state index in [9.17, 15) is 24.8 Å². The zero-order valence-corrected chi connectivity index (χ0v) is 28.9. The first-order chi connectivity index (χ1) is 23.1. The Labute approximate surface area is 286 Å². The molecule has 0 bridgehead atoms. The third-order valence-electron chi connectivity index (χ3n) is 12.5. The monoisotopic (exact) mass is 671 g/mol. The van der Waals surface area contributed by atoms with Gasteiger partial charge in [-0.05, 0) is 105 Å². The smallest absolute Gasteiger partial charge is 0.309 e. The van der Waals surface area contributed by atoms with Crippen LogP contribution in [0.2, 0.25) is 0 Å². The molecule has 0 saturated heterocycles. The number of hydrogen-bond acceptors (Lipinski definition) is 9. The van der Waals surface area contributed by atoms with Gasteiger partial charge in [0.25, 0.3) is 0 Å². The van der Waals surface area contributed by atoms with Crippen LogP contribution in [0.3, 0.4) is 0 Å². The minimum Gasteiger partial charge on any atom is -0.449 e. The average Bonchev–Trinajstić information content (AvgIpc) is 3.79. The lowest BCUT2D eigenvalue weighted by Gasteiger charge is -2.60. The topological polar surface area (TPSA) is 132 Å². The molecule has 1 aromatic carbocycles. The number of fused-ring (bicyclic) bond motifs is 6. The van der Waals surface area contributed by atoms with Crippen LogP contribution >= 0.6 is 11.8 Å². The lowest BCUT2D eigenvalue weighted by Crippen LogP contribution is -2.62. The van der Waals surface area contributed by atoms with Crippen molar-refractivity contribution >= 4 is 34.7 Å². The number of thioether (sulfide) groups is 1. The molecule has 48 heavy (non-hydrogen) atoms. The summed E-state index contributed by atoms with van der Waals surface area (Å²) < 4.78 is 13.3. The number of methoxy groups -OCH3 is 1. The van der Waals surface area contributed by atoms with Crippen LogP contribution in [-0.4, -0.2) is 62.9 Å². The predicted molar refractivity (Wildman–Crippen MR) is 181 cm³/mol. The van der Waals surface area contributed by atoms with Crippen molar-refractivity contribution in [2.45, 2.75) is 89.8 Å². The van der Waals surface area contributed by atoms with Gasteiger partial charge in [-0.15, -0.1) is 0 Å². The van der Waals surface area contributed by atoms with E-state index in [1.807, 2.05) is 35.1 Å². The number of rotatable bonds is 10. The van der Waals surface area contributed by atoms with Crippen molar-refractivity contribution in [3.63, 3.8) is 0 Å². The Balaban J connectivity index is 1.17. The van der Waals surface area contributed by atoms with Crippen molar-refractivity contribution in [2.75, 3.05) is 19.5 Å². The summed E-state index contributed by atoms with van der Waals surface area (Å²) in [6, 6.07) is 9.71. The van der Waals surface area contributed by atoms with Crippen molar-refractivity contribution in [1.29, 1.82) is 5.26 Å². The second-order valence-corrected chi connectivity index (χ2v) is 16.1. The first kappa shape index (κ1) is 33.2. The molecule has 5 aliphatic carbocycles. The summed E-state index contributed by atoms with van der Waals surface area (Å²) in [6.45, 7) is 4.89. The maximum atomic E-state index is 13.9. The van der Waals surface area contributed by atoms with Gasteiger partial charge in [0.05, 0.1) is 41.4 Å². The summed E-state index contributed by atoms with van der Waals surface area (Å²) in [5, 5.41) is 26.0. The minimum absolute atomic E-state index is 0.00808. The number of carbonyl (C=O) groups is 3. The number of benzene rings is 1. The molecule has 0 aliphatic heterocycles. The van der Waals surface area contributed by atoms with Crippen LogP contribution in [0.5, 0.6) is 0 Å². The normalized spacial score (nSPS) is 33.4. The Morgan fingerprint density at radius 3 is 2.75 bits per heavy atom. The highest BCUT2D eigenvalue weighted by Gasteiger charge is 2.71. The van der Waals surface area contributed by atoms with Gasteiger partial charge in [-0.2, -0.15) is 10.4 Å². The van der Waals surface area contributed by atoms with E-state index in [1.165, 1.54) is 5.57 Å². The fraction of sp³-hybridized carbons (Fsp3) is 0.605. The van der Waals surface area contributed by atoms with E-state index in [4.69, 9.17) is 14.6 Å². The van der Waals surface area contributed by atoms with Crippen LogP contribution in [0.1, 0.15) is 93.3 Å². The SMILES string of the molecule is COCCCC(=O)c1cccc(-n2ncc3c2C=C2CC[C@@H]4[C@H]([C@@H](O)C[C@@]5(C)[C@H]4CC[C@]5(OC(=O)C4CC4)C(=O)SCC#N)[C@@]2(C)C3)c1. The van der Waals surface area contributed by atoms with Crippen molar-refractivity contribution in [3.05, 3.63) is 52.9 Å². The van der Waals surface area contributed by atoms with Gasteiger partial charge in [-0.3, -0.25) is 14.4 Å². The molecule has 4 fully saturated rings. The number of nitriles is 1. The molecule has 0 spiro atoms. The highest BCUT2D eigenvalue weighted by Crippen LogP contribution is 2.69. The second kappa shape index (κ2) is 12.6. The molecule has 10 heteroatoms. The molecule has 0 radical (unpaired) electrons. The fourth-order valence-electron chi connectivity index (χ4n) is 10.0. The number of allylic oxidation sites excluding steroid dienone is 1. The molecule has 7 rings (SSSR count). The molecule has 5 aliphatic rings. The molecule has 254 valence electrons. The molecule has 1 aromatic heterocycles. The summed E-state index contributed by atoms with van der Waals surface area (Å²) in [4.78, 5) is 39.9. The number of carbonyl (C=O) groups excluding carboxylic acids is 3. The third kappa shape index (κ3) is 5.28. The van der Waals surface area contributed by atoms with Gasteiger partial charge < -0.3 is 14.6 Å². The zero-order valence-electron chi connectivity index (χ0n) is 28.1. The van der Waals surface area contributed by atoms with Crippen LogP contribution in [0, 0.1) is 45.8 Å². The summed E-state index contributed by atoms with van der Waals surface area (Å²) >= 11 is 0.947. The zero-order chi connectivity index (χ0) is 33.8. The van der Waals surface area contributed by atoms with Crippen LogP contribution in [0.15, 0.2) is 36.0 Å². The predicted octanol–water partition coefficient (Wildman–Crippen LogP) is 6.11. The Morgan fingerprint density at radius 1 is 1.19 bits per heavy atom. The summed E-state index contributed by atoms with van der Waals surface area (Å²) in [5.41, 5.74) is 2.60. The lowest BCUT2D eigenvalue weighted by molar-refractivity contribution is -0.197. The first-order valence-corrected chi connectivity index (χ1v) is 18.4. The maximum absolute atomic E-state index is 13.9. The number of esters is 1. The first-order valence-electron chi connectivity index (χ1n) is 17.4. The molecule has 2 aromatic rings. The van der Waals surface area contributed by atoms with E-state index in [0.717, 1.165) is 67.2 Å². The molecule has 0 unspecified atom stereocenters. The Hall–Kier alpha value is -3.26. The summed E-state index contributed by atoms with van der Waals surface area (Å²) in [7, 11) is 1.64. The highest BCUT2D eigenvalue weighted by atomic mass is 32.2. The van der Waals surface area contributed by atoms with Gasteiger partial charge in [0.15, 0.2) is 11.4 Å². The van der Waals surface area contributed by atoms with E-state index in [1.54, 1.807) is 7.11 Å². The van der Waals surface area contributed by atoms with Crippen LogP contribution in [-0.2, 0) is 25.5 Å². The van der Waals surface area contributed by atoms with Crippen LogP contribution in [0.25, 0.3) is 11.8 Å². The Morgan fingerprint density at radius 2 is 2.00 bits per heavy atom. The molecule has 0 amide bonds. The molecule has 9 nitrogen and oxygen atoms in total. The van der Waals surface area contributed by atoms with Gasteiger partial charge in [0.1, 0.15) is 0 Å². The molecule has 7 atom stereocenters.